The van der Waals surface area contributed by atoms with Crippen LogP contribution < -0.4 is 5.32 Å². The summed E-state index contributed by atoms with van der Waals surface area (Å²) in [5, 5.41) is 30.8. The molecule has 1 rings (SSSR count). The number of aliphatic hydroxyl groups is 2. The minimum absolute atomic E-state index is 0.0983. The molecular formula is C9H12N2O4. The Hall–Kier alpha value is -1.66. The van der Waals surface area contributed by atoms with Gasteiger partial charge in [0.05, 0.1) is 18.1 Å². The number of nitrogens with zero attached hydrogens (tertiary/aromatic N) is 1. The first-order valence-corrected chi connectivity index (χ1v) is 4.42. The van der Waals surface area contributed by atoms with Gasteiger partial charge >= 0.3 is 0 Å². The number of benzene rings is 1. The summed E-state index contributed by atoms with van der Waals surface area (Å²) in [6.07, 6.45) is 0. The van der Waals surface area contributed by atoms with Gasteiger partial charge in [0, 0.05) is 12.6 Å². The van der Waals surface area contributed by atoms with E-state index in [1.807, 2.05) is 0 Å². The minimum atomic E-state index is -0.529. The average molecular weight is 212 g/mol. The van der Waals surface area contributed by atoms with Crippen molar-refractivity contribution in [3.63, 3.8) is 0 Å². The Morgan fingerprint density at radius 2 is 2.13 bits per heavy atom. The smallest absolute Gasteiger partial charge is 0.292 e. The number of hydrogen-bond acceptors (Lipinski definition) is 5. The van der Waals surface area contributed by atoms with E-state index in [0.717, 1.165) is 0 Å². The monoisotopic (exact) mass is 212 g/mol. The van der Waals surface area contributed by atoms with Crippen LogP contribution in [-0.2, 0) is 6.61 Å². The van der Waals surface area contributed by atoms with Gasteiger partial charge in [-0.15, -0.1) is 0 Å². The summed E-state index contributed by atoms with van der Waals surface area (Å²) < 4.78 is 0. The first-order valence-electron chi connectivity index (χ1n) is 4.42. The topological polar surface area (TPSA) is 95.6 Å². The fraction of sp³-hybridized carbons (Fsp3) is 0.333. The molecule has 0 unspecified atom stereocenters. The third-order valence-corrected chi connectivity index (χ3v) is 1.87. The SMILES string of the molecule is O=[N+]([O-])c1cc(CO)ccc1NCCO. The van der Waals surface area contributed by atoms with Gasteiger partial charge in [0.2, 0.25) is 0 Å². The summed E-state index contributed by atoms with van der Waals surface area (Å²) in [4.78, 5) is 10.1. The first kappa shape index (κ1) is 11.4. The number of anilines is 1. The maximum atomic E-state index is 10.7. The van der Waals surface area contributed by atoms with Crippen molar-refractivity contribution in [1.82, 2.24) is 0 Å². The fourth-order valence-corrected chi connectivity index (χ4v) is 1.17. The molecule has 0 saturated heterocycles. The van der Waals surface area contributed by atoms with Crippen molar-refractivity contribution in [3.8, 4) is 0 Å². The highest BCUT2D eigenvalue weighted by Gasteiger charge is 2.13. The van der Waals surface area contributed by atoms with Gasteiger partial charge in [-0.25, -0.2) is 0 Å². The molecule has 0 aliphatic heterocycles. The van der Waals surface area contributed by atoms with Gasteiger partial charge in [-0.05, 0) is 11.6 Å². The van der Waals surface area contributed by atoms with Crippen LogP contribution in [0.1, 0.15) is 5.56 Å². The van der Waals surface area contributed by atoms with E-state index in [0.29, 0.717) is 11.3 Å². The first-order chi connectivity index (χ1) is 7.19. The molecule has 6 heteroatoms. The zero-order valence-corrected chi connectivity index (χ0v) is 8.01. The molecule has 0 amide bonds. The van der Waals surface area contributed by atoms with Gasteiger partial charge in [0.1, 0.15) is 5.69 Å². The zero-order chi connectivity index (χ0) is 11.3. The fourth-order valence-electron chi connectivity index (χ4n) is 1.17. The molecule has 6 nitrogen and oxygen atoms in total. The Bertz CT molecular complexity index is 354. The molecule has 3 N–H and O–H groups in total. The molecule has 82 valence electrons. The number of hydrogen-bond donors (Lipinski definition) is 3. The molecule has 15 heavy (non-hydrogen) atoms. The Kier molecular flexibility index (Phi) is 4.02. The Balaban J connectivity index is 2.98. The summed E-state index contributed by atoms with van der Waals surface area (Å²) in [7, 11) is 0. The lowest BCUT2D eigenvalue weighted by Crippen LogP contribution is -2.07. The third kappa shape index (κ3) is 2.90. The van der Waals surface area contributed by atoms with E-state index in [4.69, 9.17) is 10.2 Å². The van der Waals surface area contributed by atoms with Crippen LogP contribution in [0.3, 0.4) is 0 Å². The van der Waals surface area contributed by atoms with Crippen LogP contribution >= 0.6 is 0 Å². The Morgan fingerprint density at radius 1 is 1.40 bits per heavy atom. The van der Waals surface area contributed by atoms with Gasteiger partial charge in [-0.1, -0.05) is 6.07 Å². The van der Waals surface area contributed by atoms with Gasteiger partial charge in [-0.3, -0.25) is 10.1 Å². The molecule has 1 aromatic carbocycles. The summed E-state index contributed by atoms with van der Waals surface area (Å²) in [6.45, 7) is -0.0840. The summed E-state index contributed by atoms with van der Waals surface area (Å²) in [5.74, 6) is 0. The molecule has 0 fully saturated rings. The molecule has 1 aromatic rings. The van der Waals surface area contributed by atoms with E-state index < -0.39 is 4.92 Å². The van der Waals surface area contributed by atoms with Crippen molar-refractivity contribution in [3.05, 3.63) is 33.9 Å². The molecule has 0 radical (unpaired) electrons. The largest absolute Gasteiger partial charge is 0.395 e. The number of rotatable bonds is 5. The van der Waals surface area contributed by atoms with Crippen molar-refractivity contribution in [2.45, 2.75) is 6.61 Å². The number of aliphatic hydroxyl groups excluding tert-OH is 2. The molecule has 0 saturated carbocycles. The highest BCUT2D eigenvalue weighted by molar-refractivity contribution is 5.62. The van der Waals surface area contributed by atoms with Crippen molar-refractivity contribution in [2.75, 3.05) is 18.5 Å². The normalized spacial score (nSPS) is 10.0. The highest BCUT2D eigenvalue weighted by atomic mass is 16.6. The van der Waals surface area contributed by atoms with Crippen molar-refractivity contribution in [2.24, 2.45) is 0 Å². The number of nitro benzene ring substituents is 1. The van der Waals surface area contributed by atoms with Gasteiger partial charge in [0.25, 0.3) is 5.69 Å². The maximum absolute atomic E-state index is 10.7. The molecular weight excluding hydrogens is 200 g/mol. The van der Waals surface area contributed by atoms with E-state index >= 15 is 0 Å². The lowest BCUT2D eigenvalue weighted by Gasteiger charge is -2.06. The Morgan fingerprint density at radius 3 is 2.67 bits per heavy atom. The second kappa shape index (κ2) is 5.28. The van der Waals surface area contributed by atoms with E-state index in [9.17, 15) is 10.1 Å². The highest BCUT2D eigenvalue weighted by Crippen LogP contribution is 2.25. The van der Waals surface area contributed by atoms with E-state index in [1.54, 1.807) is 6.07 Å². The van der Waals surface area contributed by atoms with Gasteiger partial charge < -0.3 is 15.5 Å². The molecule has 0 heterocycles. The molecule has 0 aliphatic rings. The van der Waals surface area contributed by atoms with Gasteiger partial charge in [-0.2, -0.15) is 0 Å². The van der Waals surface area contributed by atoms with Crippen molar-refractivity contribution in [1.29, 1.82) is 0 Å². The number of nitrogens with one attached hydrogen (secondary N) is 1. The van der Waals surface area contributed by atoms with Crippen LogP contribution in [0.25, 0.3) is 0 Å². The molecule has 0 aliphatic carbocycles. The average Bonchev–Trinajstić information content (AvgIpc) is 2.26. The standard InChI is InChI=1S/C9H12N2O4/c12-4-3-10-8-2-1-7(6-13)5-9(8)11(14)15/h1-2,5,10,12-13H,3-4,6H2. The van der Waals surface area contributed by atoms with Gasteiger partial charge in [0.15, 0.2) is 0 Å². The summed E-state index contributed by atoms with van der Waals surface area (Å²) in [6, 6.07) is 4.41. The van der Waals surface area contributed by atoms with Crippen molar-refractivity contribution < 1.29 is 15.1 Å². The van der Waals surface area contributed by atoms with Crippen LogP contribution in [0.15, 0.2) is 18.2 Å². The summed E-state index contributed by atoms with van der Waals surface area (Å²) >= 11 is 0. The number of nitro groups is 1. The predicted octanol–water partition coefficient (Wildman–Crippen LogP) is 0.491. The maximum Gasteiger partial charge on any atom is 0.292 e. The van der Waals surface area contributed by atoms with E-state index in [2.05, 4.69) is 5.32 Å². The summed E-state index contributed by atoms with van der Waals surface area (Å²) in [5.41, 5.74) is 0.720. The predicted molar refractivity (Wildman–Crippen MR) is 54.6 cm³/mol. The molecule has 0 bridgehead atoms. The minimum Gasteiger partial charge on any atom is -0.395 e. The second-order valence-electron chi connectivity index (χ2n) is 2.92. The second-order valence-corrected chi connectivity index (χ2v) is 2.92. The Labute approximate surface area is 86.3 Å². The quantitative estimate of drug-likeness (QED) is 0.487. The van der Waals surface area contributed by atoms with Crippen molar-refractivity contribution >= 4 is 11.4 Å². The molecule has 0 spiro atoms. The van der Waals surface area contributed by atoms with Crippen LogP contribution in [0.4, 0.5) is 11.4 Å². The van der Waals surface area contributed by atoms with Crippen LogP contribution in [0.2, 0.25) is 0 Å². The molecule has 0 aromatic heterocycles. The van der Waals surface area contributed by atoms with E-state index in [1.165, 1.54) is 12.1 Å². The van der Waals surface area contributed by atoms with Crippen LogP contribution in [-0.4, -0.2) is 28.3 Å². The zero-order valence-electron chi connectivity index (χ0n) is 8.01. The lowest BCUT2D eigenvalue weighted by atomic mass is 10.2. The third-order valence-electron chi connectivity index (χ3n) is 1.87. The lowest BCUT2D eigenvalue weighted by molar-refractivity contribution is -0.384. The molecule has 0 atom stereocenters. The van der Waals surface area contributed by atoms with Crippen LogP contribution in [0.5, 0.6) is 0 Å². The van der Waals surface area contributed by atoms with Crippen LogP contribution in [0, 0.1) is 10.1 Å². The van der Waals surface area contributed by atoms with E-state index in [-0.39, 0.29) is 25.4 Å².